The summed E-state index contributed by atoms with van der Waals surface area (Å²) in [6.45, 7) is 6.01. The molecule has 29 heavy (non-hydrogen) atoms. The molecule has 3 aromatic rings. The van der Waals surface area contributed by atoms with Crippen LogP contribution in [-0.2, 0) is 5.88 Å². The van der Waals surface area contributed by atoms with Crippen LogP contribution in [0.3, 0.4) is 0 Å². The molecule has 0 aliphatic carbocycles. The van der Waals surface area contributed by atoms with Crippen molar-refractivity contribution in [2.45, 2.75) is 32.6 Å². The number of aryl methyl sites for hydroxylation is 1. The van der Waals surface area contributed by atoms with Crippen LogP contribution >= 0.6 is 11.6 Å². The Hall–Kier alpha value is -2.73. The van der Waals surface area contributed by atoms with E-state index in [-0.39, 0.29) is 28.8 Å². The zero-order valence-corrected chi connectivity index (χ0v) is 17.4. The summed E-state index contributed by atoms with van der Waals surface area (Å²) in [6.07, 6.45) is 1.74. The van der Waals surface area contributed by atoms with Crippen LogP contribution in [0.25, 0.3) is 11.3 Å². The van der Waals surface area contributed by atoms with Gasteiger partial charge in [-0.2, -0.15) is 0 Å². The van der Waals surface area contributed by atoms with E-state index in [2.05, 4.69) is 15.3 Å². The molecule has 152 valence electrons. The molecular weight excluding hydrogens is 396 g/mol. The van der Waals surface area contributed by atoms with Crippen molar-refractivity contribution < 1.29 is 13.5 Å². The van der Waals surface area contributed by atoms with Crippen LogP contribution in [0.2, 0.25) is 0 Å². The SMILES string of the molecule is COc1cccc(F)c1-c1nc(Nc2c(C)ccnc2C(C)C)c(CCl)cc1F. The Morgan fingerprint density at radius 3 is 2.59 bits per heavy atom. The van der Waals surface area contributed by atoms with E-state index >= 15 is 0 Å². The van der Waals surface area contributed by atoms with Crippen LogP contribution in [0.5, 0.6) is 5.75 Å². The number of hydrogen-bond acceptors (Lipinski definition) is 4. The third-order valence-electron chi connectivity index (χ3n) is 4.61. The zero-order chi connectivity index (χ0) is 21.1. The number of methoxy groups -OCH3 is 1. The molecule has 0 unspecified atom stereocenters. The van der Waals surface area contributed by atoms with Crippen LogP contribution in [0, 0.1) is 18.6 Å². The molecule has 0 saturated heterocycles. The van der Waals surface area contributed by atoms with Crippen LogP contribution in [0.4, 0.5) is 20.3 Å². The van der Waals surface area contributed by atoms with Gasteiger partial charge in [0.15, 0.2) is 0 Å². The number of pyridine rings is 2. The third kappa shape index (κ3) is 4.17. The molecule has 0 bridgehead atoms. The van der Waals surface area contributed by atoms with Gasteiger partial charge in [0.25, 0.3) is 0 Å². The smallest absolute Gasteiger partial charge is 0.150 e. The van der Waals surface area contributed by atoms with Gasteiger partial charge in [0.05, 0.1) is 29.9 Å². The summed E-state index contributed by atoms with van der Waals surface area (Å²) in [5.74, 6) is -0.566. The average Bonchev–Trinajstić information content (AvgIpc) is 2.70. The highest BCUT2D eigenvalue weighted by Crippen LogP contribution is 2.36. The monoisotopic (exact) mass is 417 g/mol. The standard InChI is InChI=1S/C22H22ClF2N3O/c1-12(2)19-20(13(3)8-9-26-19)27-22-14(11-23)10-16(25)21(28-22)18-15(24)6-5-7-17(18)29-4/h5-10,12H,11H2,1-4H3,(H,27,28). The average molecular weight is 418 g/mol. The summed E-state index contributed by atoms with van der Waals surface area (Å²) in [4.78, 5) is 8.85. The highest BCUT2D eigenvalue weighted by Gasteiger charge is 2.21. The van der Waals surface area contributed by atoms with Gasteiger partial charge in [-0.25, -0.2) is 13.8 Å². The highest BCUT2D eigenvalue weighted by atomic mass is 35.5. The van der Waals surface area contributed by atoms with Crippen LogP contribution < -0.4 is 10.1 Å². The van der Waals surface area contributed by atoms with Crippen molar-refractivity contribution in [2.24, 2.45) is 0 Å². The summed E-state index contributed by atoms with van der Waals surface area (Å²) in [5.41, 5.74) is 2.86. The lowest BCUT2D eigenvalue weighted by Crippen LogP contribution is -2.08. The number of alkyl halides is 1. The molecule has 0 atom stereocenters. The summed E-state index contributed by atoms with van der Waals surface area (Å²) in [5, 5.41) is 3.25. The lowest BCUT2D eigenvalue weighted by molar-refractivity contribution is 0.413. The Morgan fingerprint density at radius 1 is 1.17 bits per heavy atom. The predicted molar refractivity (Wildman–Crippen MR) is 112 cm³/mol. The van der Waals surface area contributed by atoms with E-state index in [0.717, 1.165) is 16.9 Å². The Balaban J connectivity index is 2.19. The summed E-state index contributed by atoms with van der Waals surface area (Å²) < 4.78 is 34.6. The number of nitrogens with one attached hydrogen (secondary N) is 1. The normalized spacial score (nSPS) is 11.0. The molecule has 2 heterocycles. The quantitative estimate of drug-likeness (QED) is 0.475. The van der Waals surface area contributed by atoms with Crippen molar-refractivity contribution in [3.8, 4) is 17.0 Å². The first-order valence-corrected chi connectivity index (χ1v) is 9.71. The predicted octanol–water partition coefficient (Wildman–Crippen LogP) is 6.34. The van der Waals surface area contributed by atoms with Crippen molar-refractivity contribution in [3.63, 3.8) is 0 Å². The fourth-order valence-electron chi connectivity index (χ4n) is 3.11. The maximum Gasteiger partial charge on any atom is 0.150 e. The van der Waals surface area contributed by atoms with Crippen molar-refractivity contribution in [2.75, 3.05) is 12.4 Å². The van der Waals surface area contributed by atoms with Gasteiger partial charge in [-0.1, -0.05) is 19.9 Å². The number of halogens is 3. The van der Waals surface area contributed by atoms with Gasteiger partial charge < -0.3 is 10.1 Å². The molecular formula is C22H22ClF2N3O. The number of rotatable bonds is 6. The molecule has 4 nitrogen and oxygen atoms in total. The van der Waals surface area contributed by atoms with Gasteiger partial charge in [0.2, 0.25) is 0 Å². The number of ether oxygens (including phenoxy) is 1. The summed E-state index contributed by atoms with van der Waals surface area (Å²) in [7, 11) is 1.40. The number of anilines is 2. The van der Waals surface area contributed by atoms with Gasteiger partial charge in [0, 0.05) is 11.8 Å². The highest BCUT2D eigenvalue weighted by molar-refractivity contribution is 6.17. The maximum atomic E-state index is 14.8. The molecule has 0 aliphatic rings. The number of aromatic nitrogens is 2. The molecule has 1 N–H and O–H groups in total. The van der Waals surface area contributed by atoms with E-state index in [0.29, 0.717) is 11.4 Å². The molecule has 0 amide bonds. The first-order valence-electron chi connectivity index (χ1n) is 9.18. The molecule has 1 aromatic carbocycles. The topological polar surface area (TPSA) is 47.0 Å². The molecule has 0 fully saturated rings. The molecule has 0 spiro atoms. The minimum absolute atomic E-state index is 0.0383. The second-order valence-electron chi connectivity index (χ2n) is 6.95. The first-order chi connectivity index (χ1) is 13.9. The van der Waals surface area contributed by atoms with Crippen LogP contribution in [0.15, 0.2) is 36.5 Å². The van der Waals surface area contributed by atoms with E-state index in [9.17, 15) is 8.78 Å². The lowest BCUT2D eigenvalue weighted by Gasteiger charge is -2.18. The van der Waals surface area contributed by atoms with E-state index in [1.165, 1.54) is 25.3 Å². The van der Waals surface area contributed by atoms with Gasteiger partial charge in [-0.3, -0.25) is 4.98 Å². The summed E-state index contributed by atoms with van der Waals surface area (Å²) in [6, 6.07) is 7.44. The van der Waals surface area contributed by atoms with Crippen molar-refractivity contribution in [1.82, 2.24) is 9.97 Å². The first kappa shape index (κ1) is 21.0. The van der Waals surface area contributed by atoms with Crippen molar-refractivity contribution in [1.29, 1.82) is 0 Å². The van der Waals surface area contributed by atoms with E-state index in [1.807, 2.05) is 26.8 Å². The molecule has 0 aliphatic heterocycles. The maximum absolute atomic E-state index is 14.8. The third-order valence-corrected chi connectivity index (χ3v) is 4.90. The molecule has 3 rings (SSSR count). The van der Waals surface area contributed by atoms with Gasteiger partial charge in [-0.15, -0.1) is 11.6 Å². The largest absolute Gasteiger partial charge is 0.496 e. The fourth-order valence-corrected chi connectivity index (χ4v) is 3.32. The second kappa shape index (κ2) is 8.74. The number of hydrogen-bond donors (Lipinski definition) is 1. The van der Waals surface area contributed by atoms with E-state index in [4.69, 9.17) is 16.3 Å². The summed E-state index contributed by atoms with van der Waals surface area (Å²) >= 11 is 6.04. The van der Waals surface area contributed by atoms with E-state index in [1.54, 1.807) is 12.3 Å². The van der Waals surface area contributed by atoms with Crippen LogP contribution in [-0.4, -0.2) is 17.1 Å². The van der Waals surface area contributed by atoms with E-state index < -0.39 is 11.6 Å². The molecule has 0 radical (unpaired) electrons. The lowest BCUT2D eigenvalue weighted by atomic mass is 10.0. The Kier molecular flexibility index (Phi) is 6.33. The van der Waals surface area contributed by atoms with Crippen molar-refractivity contribution in [3.05, 3.63) is 65.0 Å². The fraction of sp³-hybridized carbons (Fsp3) is 0.273. The van der Waals surface area contributed by atoms with Gasteiger partial charge in [-0.05, 0) is 42.7 Å². The Bertz CT molecular complexity index is 1040. The second-order valence-corrected chi connectivity index (χ2v) is 7.21. The molecule has 0 saturated carbocycles. The Morgan fingerprint density at radius 2 is 1.93 bits per heavy atom. The number of benzene rings is 1. The number of nitrogens with zero attached hydrogens (tertiary/aromatic N) is 2. The van der Waals surface area contributed by atoms with Crippen molar-refractivity contribution >= 4 is 23.1 Å². The van der Waals surface area contributed by atoms with Gasteiger partial charge >= 0.3 is 0 Å². The van der Waals surface area contributed by atoms with Gasteiger partial charge in [0.1, 0.15) is 28.9 Å². The van der Waals surface area contributed by atoms with Crippen LogP contribution in [0.1, 0.15) is 36.6 Å². The zero-order valence-electron chi connectivity index (χ0n) is 16.7. The molecule has 2 aromatic heterocycles. The molecule has 7 heteroatoms. The Labute approximate surface area is 173 Å². The minimum Gasteiger partial charge on any atom is -0.496 e. The minimum atomic E-state index is -0.679.